The molecule has 0 aliphatic carbocycles. The number of halogens is 2. The minimum atomic E-state index is -0.631. The average Bonchev–Trinajstić information content (AvgIpc) is 2.47. The molecule has 0 amide bonds. The fourth-order valence-electron chi connectivity index (χ4n) is 1.80. The van der Waals surface area contributed by atoms with Crippen LogP contribution in [0.15, 0.2) is 24.4 Å². The van der Waals surface area contributed by atoms with Gasteiger partial charge in [-0.1, -0.05) is 12.1 Å². The molecule has 9 heteroatoms. The summed E-state index contributed by atoms with van der Waals surface area (Å²) < 4.78 is 19.0. The van der Waals surface area contributed by atoms with Gasteiger partial charge < -0.3 is 10.1 Å². The molecular weight excluding hydrogens is 315 g/mol. The second-order valence-corrected chi connectivity index (χ2v) is 4.48. The molecule has 1 heterocycles. The molecule has 1 N–H and O–H groups in total. The zero-order valence-corrected chi connectivity index (χ0v) is 12.3. The van der Waals surface area contributed by atoms with Crippen molar-refractivity contribution < 1.29 is 14.1 Å². The van der Waals surface area contributed by atoms with E-state index >= 15 is 0 Å². The van der Waals surface area contributed by atoms with Gasteiger partial charge >= 0.3 is 5.69 Å². The second-order valence-electron chi connectivity index (χ2n) is 4.14. The van der Waals surface area contributed by atoms with Gasteiger partial charge in [-0.15, -0.1) is 0 Å². The third kappa shape index (κ3) is 3.59. The molecule has 0 spiro atoms. The van der Waals surface area contributed by atoms with E-state index in [4.69, 9.17) is 16.3 Å². The number of para-hydroxylation sites is 1. The van der Waals surface area contributed by atoms with Gasteiger partial charge in [0.15, 0.2) is 11.6 Å². The fourth-order valence-corrected chi connectivity index (χ4v) is 1.93. The maximum Gasteiger partial charge on any atom is 0.329 e. The van der Waals surface area contributed by atoms with Crippen molar-refractivity contribution in [1.82, 2.24) is 9.97 Å². The highest BCUT2D eigenvalue weighted by atomic mass is 35.5. The van der Waals surface area contributed by atoms with Gasteiger partial charge in [0.05, 0.1) is 11.5 Å². The van der Waals surface area contributed by atoms with Crippen LogP contribution in [0, 0.1) is 15.9 Å². The van der Waals surface area contributed by atoms with Crippen molar-refractivity contribution in [3.63, 3.8) is 0 Å². The first-order valence-corrected chi connectivity index (χ1v) is 6.71. The average molecular weight is 327 g/mol. The Morgan fingerprint density at radius 3 is 2.95 bits per heavy atom. The molecule has 0 fully saturated rings. The van der Waals surface area contributed by atoms with Crippen molar-refractivity contribution in [2.75, 3.05) is 11.9 Å². The molecule has 0 aliphatic rings. The third-order valence-corrected chi connectivity index (χ3v) is 2.90. The normalized spacial score (nSPS) is 10.3. The summed E-state index contributed by atoms with van der Waals surface area (Å²) in [4.78, 5) is 17.6. The number of rotatable bonds is 6. The Balaban J connectivity index is 2.26. The molecule has 2 aromatic rings. The SMILES string of the molecule is CCOc1c(F)cccc1CNc1nc(Cl)ncc1[N+](=O)[O-]. The predicted octanol–water partition coefficient (Wildman–Crippen LogP) is 3.19. The van der Waals surface area contributed by atoms with Crippen LogP contribution in [0.4, 0.5) is 15.9 Å². The van der Waals surface area contributed by atoms with E-state index < -0.39 is 10.7 Å². The summed E-state index contributed by atoms with van der Waals surface area (Å²) in [6.07, 6.45) is 1.01. The van der Waals surface area contributed by atoms with Crippen LogP contribution in [0.2, 0.25) is 5.28 Å². The molecule has 1 aromatic heterocycles. The van der Waals surface area contributed by atoms with Crippen LogP contribution < -0.4 is 10.1 Å². The minimum Gasteiger partial charge on any atom is -0.490 e. The Labute approximate surface area is 130 Å². The van der Waals surface area contributed by atoms with Crippen LogP contribution in [0.1, 0.15) is 12.5 Å². The molecule has 7 nitrogen and oxygen atoms in total. The molecule has 0 saturated carbocycles. The Bertz CT molecular complexity index is 699. The van der Waals surface area contributed by atoms with E-state index in [2.05, 4.69) is 15.3 Å². The van der Waals surface area contributed by atoms with Gasteiger partial charge in [0.25, 0.3) is 0 Å². The second kappa shape index (κ2) is 6.99. The first kappa shape index (κ1) is 15.9. The van der Waals surface area contributed by atoms with Crippen molar-refractivity contribution in [2.45, 2.75) is 13.5 Å². The van der Waals surface area contributed by atoms with Gasteiger partial charge in [0, 0.05) is 12.1 Å². The summed E-state index contributed by atoms with van der Waals surface area (Å²) >= 11 is 5.64. The number of nitrogens with one attached hydrogen (secondary N) is 1. The van der Waals surface area contributed by atoms with E-state index in [1.165, 1.54) is 12.1 Å². The number of anilines is 1. The molecule has 0 saturated heterocycles. The first-order valence-electron chi connectivity index (χ1n) is 6.34. The number of nitro groups is 1. The topological polar surface area (TPSA) is 90.2 Å². The minimum absolute atomic E-state index is 0.0447. The quantitative estimate of drug-likeness (QED) is 0.498. The summed E-state index contributed by atoms with van der Waals surface area (Å²) in [5, 5.41) is 13.6. The van der Waals surface area contributed by atoms with Gasteiger partial charge in [0.2, 0.25) is 11.1 Å². The number of aromatic nitrogens is 2. The van der Waals surface area contributed by atoms with Crippen molar-refractivity contribution >= 4 is 23.1 Å². The third-order valence-electron chi connectivity index (χ3n) is 2.72. The number of nitrogens with zero attached hydrogens (tertiary/aromatic N) is 3. The van der Waals surface area contributed by atoms with Gasteiger partial charge in [-0.25, -0.2) is 9.37 Å². The molecule has 116 valence electrons. The van der Waals surface area contributed by atoms with E-state index in [-0.39, 0.29) is 29.1 Å². The molecule has 22 heavy (non-hydrogen) atoms. The van der Waals surface area contributed by atoms with Crippen molar-refractivity contribution in [3.8, 4) is 5.75 Å². The Morgan fingerprint density at radius 1 is 1.50 bits per heavy atom. The standard InChI is InChI=1S/C13H12ClFN4O3/c1-2-22-11-8(4-3-5-9(11)15)6-16-12-10(19(20)21)7-17-13(14)18-12/h3-5,7H,2,6H2,1H3,(H,16,17,18). The first-order chi connectivity index (χ1) is 10.5. The van der Waals surface area contributed by atoms with E-state index in [1.54, 1.807) is 13.0 Å². The largest absolute Gasteiger partial charge is 0.490 e. The Morgan fingerprint density at radius 2 is 2.27 bits per heavy atom. The van der Waals surface area contributed by atoms with E-state index in [0.29, 0.717) is 12.2 Å². The van der Waals surface area contributed by atoms with Gasteiger partial charge in [-0.3, -0.25) is 10.1 Å². The van der Waals surface area contributed by atoms with Crippen LogP contribution in [0.5, 0.6) is 5.75 Å². The van der Waals surface area contributed by atoms with Crippen LogP contribution in [0.25, 0.3) is 0 Å². The molecule has 1 aromatic carbocycles. The lowest BCUT2D eigenvalue weighted by atomic mass is 10.2. The Kier molecular flexibility index (Phi) is 5.05. The molecular formula is C13H12ClFN4O3. The zero-order chi connectivity index (χ0) is 16.1. The predicted molar refractivity (Wildman–Crippen MR) is 78.6 cm³/mol. The van der Waals surface area contributed by atoms with E-state index in [9.17, 15) is 14.5 Å². The smallest absolute Gasteiger partial charge is 0.329 e. The molecule has 0 radical (unpaired) electrons. The van der Waals surface area contributed by atoms with Gasteiger partial charge in [-0.2, -0.15) is 4.98 Å². The molecule has 0 unspecified atom stereocenters. The van der Waals surface area contributed by atoms with Crippen LogP contribution in [-0.2, 0) is 6.54 Å². The maximum atomic E-state index is 13.7. The lowest BCUT2D eigenvalue weighted by Crippen LogP contribution is -2.08. The molecule has 2 rings (SSSR count). The zero-order valence-electron chi connectivity index (χ0n) is 11.5. The lowest BCUT2D eigenvalue weighted by molar-refractivity contribution is -0.384. The molecule has 0 atom stereocenters. The highest BCUT2D eigenvalue weighted by Crippen LogP contribution is 2.26. The summed E-state index contributed by atoms with van der Waals surface area (Å²) in [6, 6.07) is 4.45. The fraction of sp³-hybridized carbons (Fsp3) is 0.231. The highest BCUT2D eigenvalue weighted by molar-refractivity contribution is 6.28. The number of ether oxygens (including phenoxy) is 1. The summed E-state index contributed by atoms with van der Waals surface area (Å²) in [5.41, 5.74) is 0.185. The van der Waals surface area contributed by atoms with Crippen molar-refractivity contribution in [3.05, 3.63) is 51.2 Å². The van der Waals surface area contributed by atoms with Crippen LogP contribution in [0.3, 0.4) is 0 Å². The van der Waals surface area contributed by atoms with Crippen LogP contribution >= 0.6 is 11.6 Å². The summed E-state index contributed by atoms with van der Waals surface area (Å²) in [7, 11) is 0. The van der Waals surface area contributed by atoms with Crippen molar-refractivity contribution in [1.29, 1.82) is 0 Å². The lowest BCUT2D eigenvalue weighted by Gasteiger charge is -2.12. The van der Waals surface area contributed by atoms with E-state index in [0.717, 1.165) is 6.20 Å². The van der Waals surface area contributed by atoms with Crippen LogP contribution in [-0.4, -0.2) is 21.5 Å². The summed E-state index contributed by atoms with van der Waals surface area (Å²) in [5.74, 6) is -0.451. The van der Waals surface area contributed by atoms with E-state index in [1.807, 2.05) is 0 Å². The summed E-state index contributed by atoms with van der Waals surface area (Å²) in [6.45, 7) is 2.12. The molecule has 0 aliphatic heterocycles. The Hall–Kier alpha value is -2.48. The number of hydrogen-bond donors (Lipinski definition) is 1. The monoisotopic (exact) mass is 326 g/mol. The number of hydrogen-bond acceptors (Lipinski definition) is 6. The molecule has 0 bridgehead atoms. The highest BCUT2D eigenvalue weighted by Gasteiger charge is 2.17. The van der Waals surface area contributed by atoms with Gasteiger partial charge in [0.1, 0.15) is 6.20 Å². The number of benzene rings is 1. The van der Waals surface area contributed by atoms with Crippen molar-refractivity contribution in [2.24, 2.45) is 0 Å². The van der Waals surface area contributed by atoms with Gasteiger partial charge in [-0.05, 0) is 24.6 Å². The maximum absolute atomic E-state index is 13.7.